The van der Waals surface area contributed by atoms with Crippen molar-refractivity contribution in [3.8, 4) is 5.69 Å². The molecular weight excluding hydrogens is 255 g/mol. The lowest BCUT2D eigenvalue weighted by molar-refractivity contribution is 0.220. The summed E-state index contributed by atoms with van der Waals surface area (Å²) in [5.41, 5.74) is 2.04. The monoisotopic (exact) mass is 268 g/mol. The normalized spacial score (nSPS) is 12.3. The van der Waals surface area contributed by atoms with Crippen molar-refractivity contribution >= 4 is 0 Å². The summed E-state index contributed by atoms with van der Waals surface area (Å²) in [5, 5.41) is 14.5. The van der Waals surface area contributed by atoms with Gasteiger partial charge in [0.1, 0.15) is 11.9 Å². The number of halogens is 1. The summed E-state index contributed by atoms with van der Waals surface area (Å²) in [4.78, 5) is 0. The minimum atomic E-state index is -0.886. The van der Waals surface area contributed by atoms with E-state index in [0.717, 1.165) is 5.69 Å². The molecule has 0 aliphatic carbocycles. The van der Waals surface area contributed by atoms with Crippen LogP contribution in [0.3, 0.4) is 0 Å². The lowest BCUT2D eigenvalue weighted by atomic mass is 10.0. The number of benzene rings is 2. The van der Waals surface area contributed by atoms with Gasteiger partial charge < -0.3 is 5.11 Å². The fourth-order valence-electron chi connectivity index (χ4n) is 2.07. The van der Waals surface area contributed by atoms with Gasteiger partial charge in [-0.25, -0.2) is 9.07 Å². The van der Waals surface area contributed by atoms with Crippen LogP contribution in [-0.2, 0) is 0 Å². The smallest absolute Gasteiger partial charge is 0.123 e. The molecule has 0 fully saturated rings. The Morgan fingerprint density at radius 2 is 1.80 bits per heavy atom. The third-order valence-electron chi connectivity index (χ3n) is 3.10. The van der Waals surface area contributed by atoms with Crippen LogP contribution in [-0.4, -0.2) is 14.9 Å². The highest BCUT2D eigenvalue weighted by Gasteiger charge is 2.13. The van der Waals surface area contributed by atoms with Crippen LogP contribution in [0.5, 0.6) is 0 Å². The van der Waals surface area contributed by atoms with E-state index in [0.29, 0.717) is 11.1 Å². The number of aromatic nitrogens is 2. The molecule has 2 aromatic carbocycles. The van der Waals surface area contributed by atoms with Gasteiger partial charge in [-0.05, 0) is 29.8 Å². The van der Waals surface area contributed by atoms with E-state index in [1.807, 2.05) is 30.3 Å². The summed E-state index contributed by atoms with van der Waals surface area (Å²) in [6.07, 6.45) is 2.44. The van der Waals surface area contributed by atoms with E-state index < -0.39 is 6.10 Å². The van der Waals surface area contributed by atoms with E-state index in [9.17, 15) is 9.50 Å². The van der Waals surface area contributed by atoms with Gasteiger partial charge in [-0.1, -0.05) is 30.3 Å². The SMILES string of the molecule is OC(c1cccc(F)c1)c1cnn(-c2ccccc2)c1. The molecule has 3 rings (SSSR count). The second-order valence-electron chi connectivity index (χ2n) is 4.51. The molecule has 1 N–H and O–H groups in total. The molecule has 0 amide bonds. The molecule has 0 aliphatic rings. The van der Waals surface area contributed by atoms with Gasteiger partial charge in [0.2, 0.25) is 0 Å². The van der Waals surface area contributed by atoms with Crippen LogP contribution in [0.1, 0.15) is 17.2 Å². The predicted molar refractivity (Wildman–Crippen MR) is 74.0 cm³/mol. The second-order valence-corrected chi connectivity index (χ2v) is 4.51. The van der Waals surface area contributed by atoms with Crippen molar-refractivity contribution in [2.24, 2.45) is 0 Å². The summed E-state index contributed by atoms with van der Waals surface area (Å²) in [5.74, 6) is -0.364. The lowest BCUT2D eigenvalue weighted by Crippen LogP contribution is -1.99. The number of rotatable bonds is 3. The molecular formula is C16H13FN2O. The summed E-state index contributed by atoms with van der Waals surface area (Å²) >= 11 is 0. The molecule has 4 heteroatoms. The maximum absolute atomic E-state index is 13.2. The molecule has 3 aromatic rings. The molecule has 0 saturated heterocycles. The van der Waals surface area contributed by atoms with Crippen LogP contribution < -0.4 is 0 Å². The highest BCUT2D eigenvalue weighted by Crippen LogP contribution is 2.22. The molecule has 3 nitrogen and oxygen atoms in total. The van der Waals surface area contributed by atoms with E-state index in [2.05, 4.69) is 5.10 Å². The van der Waals surface area contributed by atoms with Crippen LogP contribution in [0.4, 0.5) is 4.39 Å². The Kier molecular flexibility index (Phi) is 3.31. The lowest BCUT2D eigenvalue weighted by Gasteiger charge is -2.08. The molecule has 1 aromatic heterocycles. The second kappa shape index (κ2) is 5.27. The van der Waals surface area contributed by atoms with Crippen LogP contribution in [0.2, 0.25) is 0 Å². The largest absolute Gasteiger partial charge is 0.384 e. The minimum Gasteiger partial charge on any atom is -0.384 e. The molecule has 1 heterocycles. The van der Waals surface area contributed by atoms with Crippen molar-refractivity contribution in [3.05, 3.63) is 83.9 Å². The van der Waals surface area contributed by atoms with Crippen LogP contribution in [0.15, 0.2) is 67.0 Å². The maximum Gasteiger partial charge on any atom is 0.123 e. The molecule has 0 aliphatic heterocycles. The number of hydrogen-bond acceptors (Lipinski definition) is 2. The summed E-state index contributed by atoms with van der Waals surface area (Å²) in [6, 6.07) is 15.5. The minimum absolute atomic E-state index is 0.364. The third kappa shape index (κ3) is 2.46. The number of aliphatic hydroxyl groups excluding tert-OH is 1. The van der Waals surface area contributed by atoms with E-state index in [-0.39, 0.29) is 5.82 Å². The van der Waals surface area contributed by atoms with Gasteiger partial charge in [-0.3, -0.25) is 0 Å². The van der Waals surface area contributed by atoms with Crippen molar-refractivity contribution in [1.82, 2.24) is 9.78 Å². The van der Waals surface area contributed by atoms with Crippen molar-refractivity contribution in [1.29, 1.82) is 0 Å². The van der Waals surface area contributed by atoms with Gasteiger partial charge in [0.15, 0.2) is 0 Å². The Balaban J connectivity index is 1.90. The maximum atomic E-state index is 13.2. The Bertz CT molecular complexity index is 709. The first-order valence-electron chi connectivity index (χ1n) is 6.27. The molecule has 0 saturated carbocycles. The summed E-state index contributed by atoms with van der Waals surface area (Å²) < 4.78 is 14.9. The van der Waals surface area contributed by atoms with E-state index in [4.69, 9.17) is 0 Å². The van der Waals surface area contributed by atoms with Crippen LogP contribution in [0.25, 0.3) is 5.69 Å². The summed E-state index contributed by atoms with van der Waals surface area (Å²) in [7, 11) is 0. The topological polar surface area (TPSA) is 38.1 Å². The van der Waals surface area contributed by atoms with Crippen LogP contribution >= 0.6 is 0 Å². The van der Waals surface area contributed by atoms with Gasteiger partial charge >= 0.3 is 0 Å². The average molecular weight is 268 g/mol. The van der Waals surface area contributed by atoms with Crippen LogP contribution in [0, 0.1) is 5.82 Å². The fourth-order valence-corrected chi connectivity index (χ4v) is 2.07. The van der Waals surface area contributed by atoms with Gasteiger partial charge in [0.05, 0.1) is 11.9 Å². The number of nitrogens with zero attached hydrogens (tertiary/aromatic N) is 2. The van der Waals surface area contributed by atoms with E-state index in [1.54, 1.807) is 29.2 Å². The highest BCUT2D eigenvalue weighted by atomic mass is 19.1. The van der Waals surface area contributed by atoms with Crippen molar-refractivity contribution in [2.75, 3.05) is 0 Å². The quantitative estimate of drug-likeness (QED) is 0.792. The molecule has 0 bridgehead atoms. The first-order valence-corrected chi connectivity index (χ1v) is 6.27. The third-order valence-corrected chi connectivity index (χ3v) is 3.10. The van der Waals surface area contributed by atoms with E-state index in [1.165, 1.54) is 12.1 Å². The molecule has 1 atom stereocenters. The Labute approximate surface area is 115 Å². The van der Waals surface area contributed by atoms with Crippen molar-refractivity contribution in [2.45, 2.75) is 6.10 Å². The summed E-state index contributed by atoms with van der Waals surface area (Å²) in [6.45, 7) is 0. The zero-order valence-corrected chi connectivity index (χ0v) is 10.6. The van der Waals surface area contributed by atoms with E-state index >= 15 is 0 Å². The zero-order chi connectivity index (χ0) is 13.9. The van der Waals surface area contributed by atoms with Crippen molar-refractivity contribution < 1.29 is 9.50 Å². The zero-order valence-electron chi connectivity index (χ0n) is 10.6. The Hall–Kier alpha value is -2.46. The van der Waals surface area contributed by atoms with Gasteiger partial charge in [-0.15, -0.1) is 0 Å². The number of para-hydroxylation sites is 1. The standard InChI is InChI=1S/C16H13FN2O/c17-14-6-4-5-12(9-14)16(20)13-10-18-19(11-13)15-7-2-1-3-8-15/h1-11,16,20H. The average Bonchev–Trinajstić information content (AvgIpc) is 2.97. The number of hydrogen-bond donors (Lipinski definition) is 1. The first-order chi connectivity index (χ1) is 9.74. The predicted octanol–water partition coefficient (Wildman–Crippen LogP) is 3.09. The van der Waals surface area contributed by atoms with Gasteiger partial charge in [-0.2, -0.15) is 5.10 Å². The molecule has 0 radical (unpaired) electrons. The number of aliphatic hydroxyl groups is 1. The van der Waals surface area contributed by atoms with Gasteiger partial charge in [0.25, 0.3) is 0 Å². The molecule has 0 spiro atoms. The van der Waals surface area contributed by atoms with Gasteiger partial charge in [0, 0.05) is 11.8 Å². The van der Waals surface area contributed by atoms with Crippen molar-refractivity contribution in [3.63, 3.8) is 0 Å². The molecule has 1 unspecified atom stereocenters. The highest BCUT2D eigenvalue weighted by molar-refractivity contribution is 5.33. The Morgan fingerprint density at radius 1 is 1.00 bits per heavy atom. The fraction of sp³-hybridized carbons (Fsp3) is 0.0625. The molecule has 20 heavy (non-hydrogen) atoms. The first kappa shape index (κ1) is 12.6. The molecule has 100 valence electrons. The Morgan fingerprint density at radius 3 is 2.55 bits per heavy atom.